The van der Waals surface area contributed by atoms with E-state index in [2.05, 4.69) is 4.98 Å². The van der Waals surface area contributed by atoms with Gasteiger partial charge in [-0.25, -0.2) is 4.98 Å². The molecule has 15 heavy (non-hydrogen) atoms. The second-order valence-corrected chi connectivity index (χ2v) is 2.90. The Kier molecular flexibility index (Phi) is 2.98. The molecule has 0 fully saturated rings. The predicted octanol–water partition coefficient (Wildman–Crippen LogP) is 0.383. The number of nitrogens with two attached hydrogens (primary N) is 1. The van der Waals surface area contributed by atoms with Gasteiger partial charge in [0.05, 0.1) is 0 Å². The van der Waals surface area contributed by atoms with Crippen LogP contribution >= 0.6 is 0 Å². The van der Waals surface area contributed by atoms with Gasteiger partial charge in [0.15, 0.2) is 0 Å². The quantitative estimate of drug-likeness (QED) is 0.690. The van der Waals surface area contributed by atoms with Gasteiger partial charge in [0.2, 0.25) is 5.82 Å². The number of nitrogens with zero attached hydrogens (tertiary/aromatic N) is 1. The first kappa shape index (κ1) is 11.5. The molecule has 0 aliphatic rings. The maximum atomic E-state index is 12.1. The van der Waals surface area contributed by atoms with Gasteiger partial charge < -0.3 is 15.8 Å². The van der Waals surface area contributed by atoms with E-state index in [0.717, 1.165) is 6.20 Å². The van der Waals surface area contributed by atoms with Crippen molar-refractivity contribution in [1.29, 1.82) is 0 Å². The smallest absolute Gasteiger partial charge is 0.449 e. The van der Waals surface area contributed by atoms with E-state index in [9.17, 15) is 18.0 Å². The van der Waals surface area contributed by atoms with Crippen LogP contribution in [0.4, 0.5) is 13.2 Å². The summed E-state index contributed by atoms with van der Waals surface area (Å²) in [6, 6.07) is -1.24. The Morgan fingerprint density at radius 3 is 2.67 bits per heavy atom. The lowest BCUT2D eigenvalue weighted by molar-refractivity contribution is -0.144. The van der Waals surface area contributed by atoms with Crippen LogP contribution in [0.25, 0.3) is 0 Å². The van der Waals surface area contributed by atoms with Gasteiger partial charge in [-0.15, -0.1) is 0 Å². The summed E-state index contributed by atoms with van der Waals surface area (Å²) in [4.78, 5) is 15.4. The van der Waals surface area contributed by atoms with Crippen molar-refractivity contribution in [3.8, 4) is 0 Å². The summed E-state index contributed by atoms with van der Waals surface area (Å²) in [5, 5.41) is 8.43. The molecule has 0 radical (unpaired) electrons. The lowest BCUT2D eigenvalue weighted by Gasteiger charge is -2.03. The Morgan fingerprint density at radius 1 is 1.67 bits per heavy atom. The van der Waals surface area contributed by atoms with Crippen LogP contribution in [0.5, 0.6) is 0 Å². The van der Waals surface area contributed by atoms with E-state index in [1.54, 1.807) is 0 Å². The minimum Gasteiger partial charge on any atom is -0.480 e. The number of carboxylic acids is 1. The van der Waals surface area contributed by atoms with Crippen LogP contribution in [0.15, 0.2) is 6.20 Å². The van der Waals surface area contributed by atoms with Crippen LogP contribution in [-0.2, 0) is 17.4 Å². The molecule has 0 saturated heterocycles. The van der Waals surface area contributed by atoms with Crippen LogP contribution in [0.3, 0.4) is 0 Å². The van der Waals surface area contributed by atoms with E-state index in [-0.39, 0.29) is 12.1 Å². The number of imidazole rings is 1. The van der Waals surface area contributed by atoms with Crippen molar-refractivity contribution >= 4 is 5.97 Å². The molecular weight excluding hydrogens is 215 g/mol. The molecule has 1 aromatic rings. The number of rotatable bonds is 3. The summed E-state index contributed by atoms with van der Waals surface area (Å²) in [5.74, 6) is -2.44. The van der Waals surface area contributed by atoms with Gasteiger partial charge in [-0.3, -0.25) is 4.79 Å². The van der Waals surface area contributed by atoms with Gasteiger partial charge in [-0.05, 0) is 0 Å². The maximum Gasteiger partial charge on any atom is 0.449 e. The number of aromatic amines is 1. The number of aliphatic carboxylic acids is 1. The third-order valence-electron chi connectivity index (χ3n) is 1.65. The number of alkyl halides is 3. The maximum absolute atomic E-state index is 12.1. The number of H-pyrrole nitrogens is 1. The fourth-order valence-corrected chi connectivity index (χ4v) is 0.931. The monoisotopic (exact) mass is 223 g/mol. The van der Waals surface area contributed by atoms with Crippen molar-refractivity contribution < 1.29 is 23.1 Å². The van der Waals surface area contributed by atoms with Crippen molar-refractivity contribution in [3.05, 3.63) is 17.7 Å². The van der Waals surface area contributed by atoms with E-state index in [1.165, 1.54) is 0 Å². The summed E-state index contributed by atoms with van der Waals surface area (Å²) in [5.41, 5.74) is 5.18. The average molecular weight is 223 g/mol. The van der Waals surface area contributed by atoms with E-state index in [4.69, 9.17) is 10.8 Å². The minimum absolute atomic E-state index is 0.0391. The summed E-state index contributed by atoms with van der Waals surface area (Å²) < 4.78 is 36.2. The van der Waals surface area contributed by atoms with Crippen molar-refractivity contribution in [3.63, 3.8) is 0 Å². The molecule has 1 aromatic heterocycles. The molecule has 0 spiro atoms. The first-order chi connectivity index (χ1) is 6.80. The standard InChI is InChI=1S/C7H8F3N3O2/c8-7(9,10)6-12-2-3(13-6)1-4(11)5(14)15/h2,4H,1,11H2,(H,12,13)(H,14,15). The minimum atomic E-state index is -4.56. The lowest BCUT2D eigenvalue weighted by Crippen LogP contribution is -2.32. The fraction of sp³-hybridized carbons (Fsp3) is 0.429. The predicted molar refractivity (Wildman–Crippen MR) is 42.9 cm³/mol. The molecule has 8 heteroatoms. The highest BCUT2D eigenvalue weighted by Gasteiger charge is 2.34. The zero-order valence-electron chi connectivity index (χ0n) is 7.38. The SMILES string of the molecule is NC(Cc1cnc(C(F)(F)F)[nH]1)C(=O)O. The van der Waals surface area contributed by atoms with Crippen LogP contribution in [0.1, 0.15) is 11.5 Å². The second-order valence-electron chi connectivity index (χ2n) is 2.90. The molecular formula is C7H8F3N3O2. The van der Waals surface area contributed by atoms with Crippen LogP contribution < -0.4 is 5.73 Å². The van der Waals surface area contributed by atoms with Gasteiger partial charge in [-0.1, -0.05) is 0 Å². The van der Waals surface area contributed by atoms with Gasteiger partial charge in [0.1, 0.15) is 6.04 Å². The van der Waals surface area contributed by atoms with Crippen molar-refractivity contribution in [2.45, 2.75) is 18.6 Å². The summed E-state index contributed by atoms with van der Waals surface area (Å²) in [7, 11) is 0. The topological polar surface area (TPSA) is 92.0 Å². The number of carboxylic acid groups (broad SMARTS) is 1. The molecule has 0 amide bonds. The summed E-state index contributed by atoms with van der Waals surface area (Å²) >= 11 is 0. The number of carbonyl (C=O) groups is 1. The lowest BCUT2D eigenvalue weighted by atomic mass is 10.2. The van der Waals surface area contributed by atoms with E-state index in [1.807, 2.05) is 4.98 Å². The largest absolute Gasteiger partial charge is 0.480 e. The zero-order valence-corrected chi connectivity index (χ0v) is 7.38. The number of halogens is 3. The first-order valence-electron chi connectivity index (χ1n) is 3.90. The normalized spacial score (nSPS) is 13.9. The number of hydrogen-bond acceptors (Lipinski definition) is 3. The molecule has 0 aliphatic heterocycles. The van der Waals surface area contributed by atoms with Gasteiger partial charge in [-0.2, -0.15) is 13.2 Å². The molecule has 0 bridgehead atoms. The number of hydrogen-bond donors (Lipinski definition) is 3. The van der Waals surface area contributed by atoms with E-state index < -0.39 is 24.0 Å². The molecule has 5 nitrogen and oxygen atoms in total. The van der Waals surface area contributed by atoms with Crippen LogP contribution in [0, 0.1) is 0 Å². The molecule has 4 N–H and O–H groups in total. The first-order valence-corrected chi connectivity index (χ1v) is 3.90. The highest BCUT2D eigenvalue weighted by molar-refractivity contribution is 5.73. The molecule has 1 rings (SSSR count). The molecule has 1 atom stereocenters. The Labute approximate surface area is 82.1 Å². The molecule has 1 heterocycles. The Hall–Kier alpha value is -1.57. The van der Waals surface area contributed by atoms with Crippen LogP contribution in [0.2, 0.25) is 0 Å². The average Bonchev–Trinajstić information content (AvgIpc) is 2.51. The number of nitrogens with one attached hydrogen (secondary N) is 1. The molecule has 0 aromatic carbocycles. The highest BCUT2D eigenvalue weighted by Crippen LogP contribution is 2.26. The summed E-state index contributed by atoms with van der Waals surface area (Å²) in [6.45, 7) is 0. The van der Waals surface area contributed by atoms with Crippen molar-refractivity contribution in [2.75, 3.05) is 0 Å². The third-order valence-corrected chi connectivity index (χ3v) is 1.65. The van der Waals surface area contributed by atoms with E-state index >= 15 is 0 Å². The Balaban J connectivity index is 2.73. The Morgan fingerprint density at radius 2 is 2.27 bits per heavy atom. The summed E-state index contributed by atoms with van der Waals surface area (Å²) in [6.07, 6.45) is -3.87. The molecule has 0 aliphatic carbocycles. The van der Waals surface area contributed by atoms with Crippen molar-refractivity contribution in [2.24, 2.45) is 5.73 Å². The van der Waals surface area contributed by atoms with Crippen molar-refractivity contribution in [1.82, 2.24) is 9.97 Å². The molecule has 0 saturated carbocycles. The second kappa shape index (κ2) is 3.89. The van der Waals surface area contributed by atoms with Gasteiger partial charge in [0.25, 0.3) is 0 Å². The highest BCUT2D eigenvalue weighted by atomic mass is 19.4. The molecule has 84 valence electrons. The van der Waals surface area contributed by atoms with Crippen LogP contribution in [-0.4, -0.2) is 27.1 Å². The molecule has 1 unspecified atom stereocenters. The fourth-order valence-electron chi connectivity index (χ4n) is 0.931. The Bertz CT molecular complexity index is 361. The van der Waals surface area contributed by atoms with E-state index in [0.29, 0.717) is 0 Å². The zero-order chi connectivity index (χ0) is 11.6. The van der Waals surface area contributed by atoms with Gasteiger partial charge in [0, 0.05) is 18.3 Å². The number of aromatic nitrogens is 2. The third kappa shape index (κ3) is 2.94. The van der Waals surface area contributed by atoms with Gasteiger partial charge >= 0.3 is 12.1 Å².